The summed E-state index contributed by atoms with van der Waals surface area (Å²) in [4.78, 5) is 49.7. The number of nitrogens with zero attached hydrogens (tertiary/aromatic N) is 2. The fraction of sp³-hybridized carbons (Fsp3) is 0.250. The van der Waals surface area contributed by atoms with Gasteiger partial charge >= 0.3 is 6.09 Å². The normalized spacial score (nSPS) is 13.4. The number of rotatable bonds is 16. The molecule has 0 radical (unpaired) electrons. The summed E-state index contributed by atoms with van der Waals surface area (Å²) in [5, 5.41) is 5.94. The van der Waals surface area contributed by atoms with Crippen LogP contribution in [0.5, 0.6) is 5.75 Å². The van der Waals surface area contributed by atoms with Crippen LogP contribution in [0.15, 0.2) is 128 Å². The van der Waals surface area contributed by atoms with Gasteiger partial charge in [0.15, 0.2) is 0 Å². The lowest BCUT2D eigenvalue weighted by Crippen LogP contribution is -2.52. The molecule has 2 atom stereocenters. The molecule has 3 amide bonds. The summed E-state index contributed by atoms with van der Waals surface area (Å²) in [5.41, 5.74) is 4.35. The van der Waals surface area contributed by atoms with Crippen LogP contribution in [0, 0.1) is 5.92 Å². The molecule has 1 aliphatic rings. The minimum Gasteiger partial charge on any atom is -0.489 e. The van der Waals surface area contributed by atoms with E-state index in [0.29, 0.717) is 24.0 Å². The molecule has 6 rings (SSSR count). The van der Waals surface area contributed by atoms with Gasteiger partial charge in [0.1, 0.15) is 25.0 Å². The van der Waals surface area contributed by atoms with Crippen molar-refractivity contribution in [2.24, 2.45) is 5.92 Å². The first-order valence-corrected chi connectivity index (χ1v) is 16.8. The van der Waals surface area contributed by atoms with Crippen LogP contribution in [-0.4, -0.2) is 45.4 Å². The zero-order valence-corrected chi connectivity index (χ0v) is 27.7. The number of aromatic amines is 1. The molecule has 1 aliphatic carbocycles. The number of ether oxygens (including phenoxy) is 2. The Bertz CT molecular complexity index is 1800. The number of nitrogens with one attached hydrogen (secondary N) is 3. The van der Waals surface area contributed by atoms with E-state index in [1.807, 2.05) is 115 Å². The number of amides is 3. The quantitative estimate of drug-likeness (QED) is 0.116. The van der Waals surface area contributed by atoms with Crippen molar-refractivity contribution in [2.75, 3.05) is 6.54 Å². The minimum atomic E-state index is -1.03. The number of carbonyl (C=O) groups excluding carboxylic acids is 3. The number of imidazole rings is 1. The Morgan fingerprint density at radius 2 is 1.42 bits per heavy atom. The standard InChI is InChI=1S/C40H41N5O5/c46-37(44-38(33-18-19-33)32-14-8-3-9-15-32)25-45(24-29-16-20-35(21-17-29)49-26-30-10-4-1-5-11-30)39(47)36(22-34-23-41-28-42-34)43-40(48)50-27-31-12-6-2-7-13-31/h1-17,20-21,23,28,33,36,38H,18-19,22,24-27H2,(H,41,42)(H,43,48)(H,44,46). The summed E-state index contributed by atoms with van der Waals surface area (Å²) in [5.74, 6) is 0.318. The van der Waals surface area contributed by atoms with Crippen LogP contribution in [0.1, 0.15) is 46.8 Å². The lowest BCUT2D eigenvalue weighted by Gasteiger charge is -2.28. The fourth-order valence-corrected chi connectivity index (χ4v) is 5.76. The number of alkyl carbamates (subject to hydrolysis) is 1. The van der Waals surface area contributed by atoms with E-state index >= 15 is 0 Å². The van der Waals surface area contributed by atoms with Crippen LogP contribution in [0.3, 0.4) is 0 Å². The first-order valence-electron chi connectivity index (χ1n) is 16.8. The molecule has 1 saturated carbocycles. The number of hydrogen-bond acceptors (Lipinski definition) is 6. The first kappa shape index (κ1) is 34.0. The fourth-order valence-electron chi connectivity index (χ4n) is 5.76. The number of aromatic nitrogens is 2. The molecule has 10 nitrogen and oxygen atoms in total. The summed E-state index contributed by atoms with van der Waals surface area (Å²) < 4.78 is 11.4. The summed E-state index contributed by atoms with van der Waals surface area (Å²) in [6.45, 7) is 0.395. The van der Waals surface area contributed by atoms with Crippen molar-refractivity contribution in [3.05, 3.63) is 156 Å². The van der Waals surface area contributed by atoms with Gasteiger partial charge in [-0.1, -0.05) is 103 Å². The minimum absolute atomic E-state index is 0.0461. The molecule has 5 aromatic rings. The summed E-state index contributed by atoms with van der Waals surface area (Å²) in [7, 11) is 0. The predicted molar refractivity (Wildman–Crippen MR) is 189 cm³/mol. The van der Waals surface area contributed by atoms with Crippen LogP contribution >= 0.6 is 0 Å². The van der Waals surface area contributed by atoms with Gasteiger partial charge < -0.3 is 30.0 Å². The van der Waals surface area contributed by atoms with Crippen molar-refractivity contribution in [1.82, 2.24) is 25.5 Å². The van der Waals surface area contributed by atoms with Crippen LogP contribution in [0.25, 0.3) is 0 Å². The van der Waals surface area contributed by atoms with Crippen molar-refractivity contribution < 1.29 is 23.9 Å². The highest BCUT2D eigenvalue weighted by atomic mass is 16.5. The highest BCUT2D eigenvalue weighted by Gasteiger charge is 2.35. The van der Waals surface area contributed by atoms with E-state index in [1.54, 1.807) is 6.20 Å². The molecule has 3 N–H and O–H groups in total. The van der Waals surface area contributed by atoms with Gasteiger partial charge in [-0.2, -0.15) is 0 Å². The maximum atomic E-state index is 14.4. The molecule has 2 unspecified atom stereocenters. The Hall–Kier alpha value is -5.90. The van der Waals surface area contributed by atoms with E-state index < -0.39 is 18.0 Å². The maximum absolute atomic E-state index is 14.4. The van der Waals surface area contributed by atoms with Crippen molar-refractivity contribution in [3.63, 3.8) is 0 Å². The van der Waals surface area contributed by atoms with Crippen molar-refractivity contribution in [1.29, 1.82) is 0 Å². The Morgan fingerprint density at radius 1 is 0.780 bits per heavy atom. The van der Waals surface area contributed by atoms with Gasteiger partial charge in [0.05, 0.1) is 18.9 Å². The summed E-state index contributed by atoms with van der Waals surface area (Å²) in [6, 6.07) is 35.4. The average molecular weight is 672 g/mol. The number of benzene rings is 4. The highest BCUT2D eigenvalue weighted by Crippen LogP contribution is 2.40. The van der Waals surface area contributed by atoms with E-state index in [0.717, 1.165) is 35.1 Å². The molecule has 0 saturated heterocycles. The molecule has 1 aromatic heterocycles. The number of H-pyrrole nitrogens is 1. The largest absolute Gasteiger partial charge is 0.489 e. The first-order chi connectivity index (χ1) is 24.5. The molecular weight excluding hydrogens is 630 g/mol. The van der Waals surface area contributed by atoms with Crippen LogP contribution in [0.2, 0.25) is 0 Å². The molecule has 0 spiro atoms. The Balaban J connectivity index is 1.19. The molecule has 0 aliphatic heterocycles. The third-order valence-corrected chi connectivity index (χ3v) is 8.54. The van der Waals surface area contributed by atoms with Gasteiger partial charge in [-0.25, -0.2) is 9.78 Å². The zero-order valence-electron chi connectivity index (χ0n) is 27.7. The van der Waals surface area contributed by atoms with Gasteiger partial charge in [0.2, 0.25) is 11.8 Å². The average Bonchev–Trinajstić information content (AvgIpc) is 3.87. The highest BCUT2D eigenvalue weighted by molar-refractivity contribution is 5.90. The SMILES string of the molecule is O=C(CN(Cc1ccc(OCc2ccccc2)cc1)C(=O)C(Cc1cnc[nH]1)NC(=O)OCc1ccccc1)NC(c1ccccc1)C1CC1. The van der Waals surface area contributed by atoms with Gasteiger partial charge in [0.25, 0.3) is 0 Å². The van der Waals surface area contributed by atoms with Crippen molar-refractivity contribution in [2.45, 2.75) is 51.1 Å². The van der Waals surface area contributed by atoms with E-state index in [9.17, 15) is 14.4 Å². The van der Waals surface area contributed by atoms with E-state index in [1.165, 1.54) is 11.2 Å². The number of hydrogen-bond donors (Lipinski definition) is 3. The summed E-state index contributed by atoms with van der Waals surface area (Å²) >= 11 is 0. The molecule has 10 heteroatoms. The molecular formula is C40H41N5O5. The van der Waals surface area contributed by atoms with Gasteiger partial charge in [-0.05, 0) is 53.1 Å². The second kappa shape index (κ2) is 17.0. The Labute approximate surface area is 291 Å². The van der Waals surface area contributed by atoms with Crippen LogP contribution < -0.4 is 15.4 Å². The van der Waals surface area contributed by atoms with E-state index in [-0.39, 0.29) is 38.1 Å². The molecule has 4 aromatic carbocycles. The smallest absolute Gasteiger partial charge is 0.408 e. The van der Waals surface area contributed by atoms with Crippen molar-refractivity contribution >= 4 is 17.9 Å². The Morgan fingerprint density at radius 3 is 2.04 bits per heavy atom. The third-order valence-electron chi connectivity index (χ3n) is 8.54. The maximum Gasteiger partial charge on any atom is 0.408 e. The molecule has 256 valence electrons. The molecule has 0 bridgehead atoms. The van der Waals surface area contributed by atoms with Gasteiger partial charge in [0, 0.05) is 24.9 Å². The van der Waals surface area contributed by atoms with Gasteiger partial charge in [-0.15, -0.1) is 0 Å². The monoisotopic (exact) mass is 671 g/mol. The zero-order chi connectivity index (χ0) is 34.5. The third kappa shape index (κ3) is 10.1. The van der Waals surface area contributed by atoms with Crippen LogP contribution in [0.4, 0.5) is 4.79 Å². The number of carbonyl (C=O) groups is 3. The van der Waals surface area contributed by atoms with Crippen LogP contribution in [-0.2, 0) is 40.5 Å². The Kier molecular flexibility index (Phi) is 11.5. The molecule has 1 fully saturated rings. The second-order valence-corrected chi connectivity index (χ2v) is 12.4. The lowest BCUT2D eigenvalue weighted by molar-refractivity contribution is -0.138. The van der Waals surface area contributed by atoms with E-state index in [4.69, 9.17) is 9.47 Å². The van der Waals surface area contributed by atoms with E-state index in [2.05, 4.69) is 20.6 Å². The lowest BCUT2D eigenvalue weighted by atomic mass is 10.0. The topological polar surface area (TPSA) is 126 Å². The molecule has 50 heavy (non-hydrogen) atoms. The predicted octanol–water partition coefficient (Wildman–Crippen LogP) is 6.12. The van der Waals surface area contributed by atoms with Gasteiger partial charge in [-0.3, -0.25) is 9.59 Å². The summed E-state index contributed by atoms with van der Waals surface area (Å²) in [6.07, 6.45) is 4.55. The van der Waals surface area contributed by atoms with Crippen molar-refractivity contribution in [3.8, 4) is 5.75 Å². The second-order valence-electron chi connectivity index (χ2n) is 12.4. The molecule has 1 heterocycles.